The van der Waals surface area contributed by atoms with Crippen LogP contribution in [0.2, 0.25) is 0 Å². The average Bonchev–Trinajstić information content (AvgIpc) is 2.04. The maximum absolute atomic E-state index is 11.2. The molecule has 0 radical (unpaired) electrons. The SMILES string of the molecule is CC(=N)C(=O)c1ccc(S)cc1. The monoisotopic (exact) mass is 179 g/mol. The van der Waals surface area contributed by atoms with Crippen molar-refractivity contribution in [3.63, 3.8) is 0 Å². The smallest absolute Gasteiger partial charge is 0.206 e. The summed E-state index contributed by atoms with van der Waals surface area (Å²) in [5.41, 5.74) is 0.599. The molecule has 0 aliphatic rings. The molecule has 1 rings (SSSR count). The van der Waals surface area contributed by atoms with E-state index in [1.54, 1.807) is 24.3 Å². The maximum atomic E-state index is 11.2. The lowest BCUT2D eigenvalue weighted by molar-refractivity contribution is 0.106. The number of rotatable bonds is 2. The van der Waals surface area contributed by atoms with E-state index in [9.17, 15) is 4.79 Å². The van der Waals surface area contributed by atoms with E-state index in [0.29, 0.717) is 5.56 Å². The first-order chi connectivity index (χ1) is 5.61. The van der Waals surface area contributed by atoms with Crippen LogP contribution in [0.25, 0.3) is 0 Å². The van der Waals surface area contributed by atoms with E-state index in [1.165, 1.54) is 6.92 Å². The topological polar surface area (TPSA) is 40.9 Å². The molecule has 0 aliphatic heterocycles. The Morgan fingerprint density at radius 2 is 1.83 bits per heavy atom. The molecule has 0 atom stereocenters. The van der Waals surface area contributed by atoms with Crippen molar-refractivity contribution in [3.05, 3.63) is 29.8 Å². The van der Waals surface area contributed by atoms with Crippen molar-refractivity contribution in [1.82, 2.24) is 0 Å². The number of ketones is 1. The van der Waals surface area contributed by atoms with E-state index in [0.717, 1.165) is 4.90 Å². The summed E-state index contributed by atoms with van der Waals surface area (Å²) in [6.45, 7) is 1.48. The van der Waals surface area contributed by atoms with Gasteiger partial charge in [-0.3, -0.25) is 4.79 Å². The van der Waals surface area contributed by atoms with Crippen LogP contribution < -0.4 is 0 Å². The van der Waals surface area contributed by atoms with Crippen LogP contribution in [-0.2, 0) is 0 Å². The van der Waals surface area contributed by atoms with Gasteiger partial charge in [-0.2, -0.15) is 0 Å². The highest BCUT2D eigenvalue weighted by Crippen LogP contribution is 2.08. The Balaban J connectivity index is 2.98. The molecule has 62 valence electrons. The zero-order valence-electron chi connectivity index (χ0n) is 6.66. The van der Waals surface area contributed by atoms with Crippen LogP contribution in [0, 0.1) is 5.41 Å². The molecule has 3 heteroatoms. The summed E-state index contributed by atoms with van der Waals surface area (Å²) >= 11 is 4.09. The van der Waals surface area contributed by atoms with Gasteiger partial charge in [0.25, 0.3) is 0 Å². The summed E-state index contributed by atoms with van der Waals surface area (Å²) in [4.78, 5) is 12.0. The molecule has 0 aliphatic carbocycles. The van der Waals surface area contributed by atoms with Gasteiger partial charge in [-0.15, -0.1) is 12.6 Å². The highest BCUT2D eigenvalue weighted by atomic mass is 32.1. The van der Waals surface area contributed by atoms with Gasteiger partial charge in [0.15, 0.2) is 0 Å². The Morgan fingerprint density at radius 3 is 2.25 bits per heavy atom. The molecular formula is C9H9NOS. The lowest BCUT2D eigenvalue weighted by Gasteiger charge is -1.97. The minimum Gasteiger partial charge on any atom is -0.302 e. The Morgan fingerprint density at radius 1 is 1.33 bits per heavy atom. The standard InChI is InChI=1S/C9H9NOS/c1-6(10)9(11)7-2-4-8(12)5-3-7/h2-5,10,12H,1H3. The number of hydrogen-bond donors (Lipinski definition) is 2. The summed E-state index contributed by atoms with van der Waals surface area (Å²) in [5.74, 6) is -0.233. The molecule has 0 spiro atoms. The Labute approximate surface area is 76.5 Å². The predicted molar refractivity (Wildman–Crippen MR) is 51.4 cm³/mol. The van der Waals surface area contributed by atoms with Gasteiger partial charge in [-0.1, -0.05) is 0 Å². The lowest BCUT2D eigenvalue weighted by atomic mass is 10.1. The largest absolute Gasteiger partial charge is 0.302 e. The molecule has 12 heavy (non-hydrogen) atoms. The van der Waals surface area contributed by atoms with E-state index in [4.69, 9.17) is 5.41 Å². The van der Waals surface area contributed by atoms with Gasteiger partial charge in [0.05, 0.1) is 5.71 Å². The molecule has 0 saturated heterocycles. The van der Waals surface area contributed by atoms with Gasteiger partial charge >= 0.3 is 0 Å². The predicted octanol–water partition coefficient (Wildman–Crippen LogP) is 2.20. The van der Waals surface area contributed by atoms with Gasteiger partial charge in [0.2, 0.25) is 5.78 Å². The molecule has 1 N–H and O–H groups in total. The van der Waals surface area contributed by atoms with Crippen molar-refractivity contribution in [2.75, 3.05) is 0 Å². The van der Waals surface area contributed by atoms with Gasteiger partial charge in [-0.05, 0) is 31.2 Å². The first-order valence-electron chi connectivity index (χ1n) is 3.50. The second-order valence-corrected chi connectivity index (χ2v) is 3.02. The number of thiol groups is 1. The molecule has 0 amide bonds. The van der Waals surface area contributed by atoms with Crippen LogP contribution in [0.1, 0.15) is 17.3 Å². The highest BCUT2D eigenvalue weighted by Gasteiger charge is 2.06. The summed E-state index contributed by atoms with van der Waals surface area (Å²) < 4.78 is 0. The Kier molecular flexibility index (Phi) is 2.65. The summed E-state index contributed by atoms with van der Waals surface area (Å²) in [5, 5.41) is 7.12. The van der Waals surface area contributed by atoms with Crippen molar-refractivity contribution >= 4 is 24.1 Å². The third-order valence-electron chi connectivity index (χ3n) is 1.47. The third-order valence-corrected chi connectivity index (χ3v) is 1.77. The molecule has 1 aromatic rings. The fourth-order valence-corrected chi connectivity index (χ4v) is 0.978. The number of Topliss-reactive ketones (excluding diaryl/α,β-unsaturated/α-hetero) is 1. The second kappa shape index (κ2) is 3.54. The lowest BCUT2D eigenvalue weighted by Crippen LogP contribution is -2.08. The number of carbonyl (C=O) groups excluding carboxylic acids is 1. The van der Waals surface area contributed by atoms with E-state index in [-0.39, 0.29) is 11.5 Å². The van der Waals surface area contributed by atoms with Crippen LogP contribution in [0.5, 0.6) is 0 Å². The molecule has 1 aromatic carbocycles. The summed E-state index contributed by atoms with van der Waals surface area (Å²) in [6.07, 6.45) is 0. The van der Waals surface area contributed by atoms with Crippen molar-refractivity contribution in [2.45, 2.75) is 11.8 Å². The number of nitrogens with one attached hydrogen (secondary N) is 1. The van der Waals surface area contributed by atoms with E-state index >= 15 is 0 Å². The molecule has 0 saturated carbocycles. The fraction of sp³-hybridized carbons (Fsp3) is 0.111. The summed E-state index contributed by atoms with van der Waals surface area (Å²) in [7, 11) is 0. The van der Waals surface area contributed by atoms with E-state index in [2.05, 4.69) is 12.6 Å². The molecule has 0 unspecified atom stereocenters. The van der Waals surface area contributed by atoms with E-state index in [1.807, 2.05) is 0 Å². The van der Waals surface area contributed by atoms with Crippen LogP contribution in [0.4, 0.5) is 0 Å². The van der Waals surface area contributed by atoms with Crippen LogP contribution in [0.3, 0.4) is 0 Å². The zero-order valence-corrected chi connectivity index (χ0v) is 7.56. The first-order valence-corrected chi connectivity index (χ1v) is 3.95. The maximum Gasteiger partial charge on any atom is 0.206 e. The van der Waals surface area contributed by atoms with Gasteiger partial charge in [0.1, 0.15) is 0 Å². The quantitative estimate of drug-likeness (QED) is 0.408. The first kappa shape index (κ1) is 9.00. The fourth-order valence-electron chi connectivity index (χ4n) is 0.829. The van der Waals surface area contributed by atoms with Gasteiger partial charge in [-0.25, -0.2) is 0 Å². The Bertz CT molecular complexity index is 316. The average molecular weight is 179 g/mol. The second-order valence-electron chi connectivity index (χ2n) is 2.50. The normalized spacial score (nSPS) is 9.50. The molecule has 0 bridgehead atoms. The zero-order chi connectivity index (χ0) is 9.14. The van der Waals surface area contributed by atoms with Crippen molar-refractivity contribution in [1.29, 1.82) is 5.41 Å². The van der Waals surface area contributed by atoms with Crippen LogP contribution in [-0.4, -0.2) is 11.5 Å². The molecule has 0 aromatic heterocycles. The van der Waals surface area contributed by atoms with Crippen LogP contribution >= 0.6 is 12.6 Å². The number of carbonyl (C=O) groups is 1. The van der Waals surface area contributed by atoms with Crippen molar-refractivity contribution in [2.24, 2.45) is 0 Å². The molecule has 0 heterocycles. The third kappa shape index (κ3) is 1.95. The van der Waals surface area contributed by atoms with Crippen molar-refractivity contribution in [3.8, 4) is 0 Å². The molecular weight excluding hydrogens is 170 g/mol. The number of hydrogen-bond acceptors (Lipinski definition) is 3. The van der Waals surface area contributed by atoms with Gasteiger partial charge < -0.3 is 5.41 Å². The highest BCUT2D eigenvalue weighted by molar-refractivity contribution is 7.80. The van der Waals surface area contributed by atoms with Crippen molar-refractivity contribution < 1.29 is 4.79 Å². The van der Waals surface area contributed by atoms with E-state index < -0.39 is 0 Å². The molecule has 0 fully saturated rings. The minimum absolute atomic E-state index is 0.0573. The van der Waals surface area contributed by atoms with Gasteiger partial charge in [0, 0.05) is 10.5 Å². The number of benzene rings is 1. The Hall–Kier alpha value is -1.09. The molecule has 2 nitrogen and oxygen atoms in total. The van der Waals surface area contributed by atoms with Crippen LogP contribution in [0.15, 0.2) is 29.2 Å². The minimum atomic E-state index is -0.233. The summed E-state index contributed by atoms with van der Waals surface area (Å²) in [6, 6.07) is 6.81.